The summed E-state index contributed by atoms with van der Waals surface area (Å²) in [5, 5.41) is 13.4. The number of fused-ring (bicyclic) bond motifs is 2. The van der Waals surface area contributed by atoms with Crippen LogP contribution in [-0.4, -0.2) is 41.2 Å². The van der Waals surface area contributed by atoms with Gasteiger partial charge in [0.2, 0.25) is 12.7 Å². The van der Waals surface area contributed by atoms with E-state index in [-0.39, 0.29) is 31.4 Å². The third-order valence-corrected chi connectivity index (χ3v) is 6.69. The van der Waals surface area contributed by atoms with E-state index in [1.54, 1.807) is 18.2 Å². The normalized spacial score (nSPS) is 14.9. The van der Waals surface area contributed by atoms with Gasteiger partial charge in [0.25, 0.3) is 5.91 Å². The minimum atomic E-state index is -0.478. The number of hydrogen-bond donors (Lipinski definition) is 1. The second-order valence-electron chi connectivity index (χ2n) is 8.50. The Labute approximate surface area is 210 Å². The van der Waals surface area contributed by atoms with Gasteiger partial charge < -0.3 is 24.3 Å². The van der Waals surface area contributed by atoms with Gasteiger partial charge in [-0.2, -0.15) is 5.26 Å². The molecule has 2 aliphatic heterocycles. The molecule has 0 aliphatic carbocycles. The number of likely N-dealkylation sites (tertiary alicyclic amines) is 1. The van der Waals surface area contributed by atoms with Gasteiger partial charge in [-0.3, -0.25) is 9.59 Å². The van der Waals surface area contributed by atoms with Gasteiger partial charge in [0.15, 0.2) is 11.5 Å². The molecule has 0 radical (unpaired) electrons. The van der Waals surface area contributed by atoms with Crippen LogP contribution in [0, 0.1) is 11.3 Å². The van der Waals surface area contributed by atoms with Gasteiger partial charge in [-0.05, 0) is 54.8 Å². The number of aromatic nitrogens is 1. The van der Waals surface area contributed by atoms with Crippen LogP contribution < -0.4 is 14.8 Å². The Morgan fingerprint density at radius 1 is 1.11 bits per heavy atom. The van der Waals surface area contributed by atoms with Crippen LogP contribution in [0.5, 0.6) is 11.5 Å². The SMILES string of the molecule is N#C/C(=C\c1cn(CC(=O)N2CCCC2)c2ccc(Br)cc12)C(=O)NCc1ccc2c(c1)OCO2. The van der Waals surface area contributed by atoms with E-state index < -0.39 is 5.91 Å². The molecule has 1 fully saturated rings. The summed E-state index contributed by atoms with van der Waals surface area (Å²) in [6.45, 7) is 2.22. The van der Waals surface area contributed by atoms with Crippen molar-refractivity contribution in [2.24, 2.45) is 0 Å². The first-order chi connectivity index (χ1) is 17.0. The Kier molecular flexibility index (Phi) is 6.47. The van der Waals surface area contributed by atoms with E-state index in [4.69, 9.17) is 9.47 Å². The molecule has 2 amide bonds. The van der Waals surface area contributed by atoms with Gasteiger partial charge in [-0.1, -0.05) is 22.0 Å². The van der Waals surface area contributed by atoms with E-state index in [2.05, 4.69) is 21.2 Å². The Morgan fingerprint density at radius 2 is 1.91 bits per heavy atom. The number of nitriles is 1. The molecule has 5 rings (SSSR count). The lowest BCUT2D eigenvalue weighted by molar-refractivity contribution is -0.130. The molecule has 3 heterocycles. The summed E-state index contributed by atoms with van der Waals surface area (Å²) in [6.07, 6.45) is 5.46. The van der Waals surface area contributed by atoms with Gasteiger partial charge in [0.1, 0.15) is 18.2 Å². The van der Waals surface area contributed by atoms with Crippen molar-refractivity contribution in [2.75, 3.05) is 19.9 Å². The Hall–Kier alpha value is -3.77. The Morgan fingerprint density at radius 3 is 2.71 bits per heavy atom. The molecule has 9 heteroatoms. The maximum absolute atomic E-state index is 12.8. The number of halogens is 1. The van der Waals surface area contributed by atoms with Crippen LogP contribution in [0.25, 0.3) is 17.0 Å². The number of amides is 2. The molecule has 0 unspecified atom stereocenters. The van der Waals surface area contributed by atoms with E-state index in [1.807, 2.05) is 46.0 Å². The molecule has 1 aromatic heterocycles. The average Bonchev–Trinajstić information content (AvgIpc) is 3.61. The third kappa shape index (κ3) is 4.88. The quantitative estimate of drug-likeness (QED) is 0.381. The van der Waals surface area contributed by atoms with Crippen molar-refractivity contribution >= 4 is 44.7 Å². The predicted octanol–water partition coefficient (Wildman–Crippen LogP) is 3.98. The smallest absolute Gasteiger partial charge is 0.262 e. The lowest BCUT2D eigenvalue weighted by Gasteiger charge is -2.16. The zero-order valence-electron chi connectivity index (χ0n) is 18.9. The Bertz CT molecular complexity index is 1380. The fourth-order valence-corrected chi connectivity index (χ4v) is 4.75. The fourth-order valence-electron chi connectivity index (χ4n) is 4.39. The van der Waals surface area contributed by atoms with Crippen molar-refractivity contribution in [3.05, 3.63) is 63.8 Å². The zero-order valence-corrected chi connectivity index (χ0v) is 20.5. The highest BCUT2D eigenvalue weighted by molar-refractivity contribution is 9.10. The monoisotopic (exact) mass is 534 g/mol. The summed E-state index contributed by atoms with van der Waals surface area (Å²) in [7, 11) is 0. The van der Waals surface area contributed by atoms with Gasteiger partial charge in [0, 0.05) is 46.8 Å². The molecule has 2 aromatic carbocycles. The van der Waals surface area contributed by atoms with Gasteiger partial charge in [-0.15, -0.1) is 0 Å². The highest BCUT2D eigenvalue weighted by Gasteiger charge is 2.20. The molecule has 0 atom stereocenters. The molecule has 1 saturated heterocycles. The molecular weight excluding hydrogens is 512 g/mol. The van der Waals surface area contributed by atoms with Gasteiger partial charge >= 0.3 is 0 Å². The van der Waals surface area contributed by atoms with E-state index in [0.717, 1.165) is 46.9 Å². The number of nitrogens with one attached hydrogen (secondary N) is 1. The third-order valence-electron chi connectivity index (χ3n) is 6.19. The van der Waals surface area contributed by atoms with Crippen molar-refractivity contribution in [1.82, 2.24) is 14.8 Å². The van der Waals surface area contributed by atoms with Crippen molar-refractivity contribution in [1.29, 1.82) is 5.26 Å². The van der Waals surface area contributed by atoms with E-state index in [0.29, 0.717) is 17.1 Å². The number of hydrogen-bond acceptors (Lipinski definition) is 5. The van der Waals surface area contributed by atoms with Crippen molar-refractivity contribution in [3.8, 4) is 17.6 Å². The molecule has 178 valence electrons. The molecule has 2 aliphatic rings. The van der Waals surface area contributed by atoms with E-state index in [1.165, 1.54) is 0 Å². The summed E-state index contributed by atoms with van der Waals surface area (Å²) >= 11 is 3.50. The maximum atomic E-state index is 12.8. The van der Waals surface area contributed by atoms with Crippen molar-refractivity contribution < 1.29 is 19.1 Å². The maximum Gasteiger partial charge on any atom is 0.262 e. The van der Waals surface area contributed by atoms with Gasteiger partial charge in [-0.25, -0.2) is 0 Å². The summed E-state index contributed by atoms with van der Waals surface area (Å²) < 4.78 is 13.4. The number of ether oxygens (including phenoxy) is 2. The lowest BCUT2D eigenvalue weighted by Crippen LogP contribution is -2.30. The Balaban J connectivity index is 1.37. The molecule has 8 nitrogen and oxygen atoms in total. The lowest BCUT2D eigenvalue weighted by atomic mass is 10.1. The zero-order chi connectivity index (χ0) is 24.4. The minimum Gasteiger partial charge on any atom is -0.454 e. The highest BCUT2D eigenvalue weighted by Crippen LogP contribution is 2.32. The van der Waals surface area contributed by atoms with Crippen LogP contribution >= 0.6 is 15.9 Å². The van der Waals surface area contributed by atoms with Crippen LogP contribution in [0.2, 0.25) is 0 Å². The first-order valence-electron chi connectivity index (χ1n) is 11.4. The van der Waals surface area contributed by atoms with Crippen LogP contribution in [-0.2, 0) is 22.7 Å². The van der Waals surface area contributed by atoms with Gasteiger partial charge in [0.05, 0.1) is 0 Å². The van der Waals surface area contributed by atoms with Crippen LogP contribution in [0.1, 0.15) is 24.0 Å². The number of benzene rings is 2. The summed E-state index contributed by atoms with van der Waals surface area (Å²) in [6, 6.07) is 13.2. The number of nitrogens with zero attached hydrogens (tertiary/aromatic N) is 3. The average molecular weight is 535 g/mol. The molecule has 35 heavy (non-hydrogen) atoms. The largest absolute Gasteiger partial charge is 0.454 e. The first-order valence-corrected chi connectivity index (χ1v) is 12.2. The minimum absolute atomic E-state index is 0.0179. The number of carbonyl (C=O) groups excluding carboxylic acids is 2. The molecule has 0 saturated carbocycles. The van der Waals surface area contributed by atoms with E-state index >= 15 is 0 Å². The molecular formula is C26H23BrN4O4. The number of rotatable bonds is 6. The standard InChI is InChI=1S/C26H23BrN4O4/c27-20-4-5-22-21(11-20)19(14-31(22)15-25(32)30-7-1-2-8-30)10-18(12-28)26(33)29-13-17-3-6-23-24(9-17)35-16-34-23/h3-6,9-11,14H,1-2,7-8,13,15-16H2,(H,29,33)/b18-10+. The second-order valence-corrected chi connectivity index (χ2v) is 9.42. The van der Waals surface area contributed by atoms with Crippen molar-refractivity contribution in [2.45, 2.75) is 25.9 Å². The first kappa shape index (κ1) is 23.0. The van der Waals surface area contributed by atoms with E-state index in [9.17, 15) is 14.9 Å². The van der Waals surface area contributed by atoms with Crippen LogP contribution in [0.15, 0.2) is 52.6 Å². The summed E-state index contributed by atoms with van der Waals surface area (Å²) in [4.78, 5) is 27.5. The summed E-state index contributed by atoms with van der Waals surface area (Å²) in [5.74, 6) is 0.896. The predicted molar refractivity (Wildman–Crippen MR) is 133 cm³/mol. The topological polar surface area (TPSA) is 96.6 Å². The molecule has 0 spiro atoms. The van der Waals surface area contributed by atoms with Crippen molar-refractivity contribution in [3.63, 3.8) is 0 Å². The fraction of sp³-hybridized carbons (Fsp3) is 0.269. The second kappa shape index (κ2) is 9.84. The molecule has 0 bridgehead atoms. The van der Waals surface area contributed by atoms with Crippen LogP contribution in [0.4, 0.5) is 0 Å². The number of carbonyl (C=O) groups is 2. The molecule has 3 aromatic rings. The van der Waals surface area contributed by atoms with Crippen LogP contribution in [0.3, 0.4) is 0 Å². The highest BCUT2D eigenvalue weighted by atomic mass is 79.9. The summed E-state index contributed by atoms with van der Waals surface area (Å²) in [5.41, 5.74) is 2.38. The molecule has 1 N–H and O–H groups in total.